The maximum atomic E-state index is 12.1. The van der Waals surface area contributed by atoms with Crippen LogP contribution in [0.2, 0.25) is 5.02 Å². The van der Waals surface area contributed by atoms with Crippen LogP contribution in [0.25, 0.3) is 0 Å². The lowest BCUT2D eigenvalue weighted by molar-refractivity contribution is -0.139. The summed E-state index contributed by atoms with van der Waals surface area (Å²) >= 11 is 8.52. The monoisotopic (exact) mass is 300 g/mol. The van der Waals surface area contributed by atoms with Gasteiger partial charge in [0.2, 0.25) is 5.78 Å². The van der Waals surface area contributed by atoms with Crippen molar-refractivity contribution in [1.82, 2.24) is 0 Å². The summed E-state index contributed by atoms with van der Waals surface area (Å²) in [5.74, 6) is -0.416. The highest BCUT2D eigenvalue weighted by molar-refractivity contribution is 7.17. The normalized spacial score (nSPS) is 10.3. The molecule has 2 aromatic rings. The quantitative estimate of drug-likeness (QED) is 0.642. The summed E-state index contributed by atoms with van der Waals surface area (Å²) in [4.78, 5) is 25.2. The van der Waals surface area contributed by atoms with Gasteiger partial charge in [0.15, 0.2) is 0 Å². The molecule has 0 aliphatic carbocycles. The minimum Gasteiger partial charge on any atom is -0.469 e. The standard InChI is InChI=1S/C12H9ClO3S2/c1-16-10(14)6-7-2-3-9(18-7)11(15)12-8(13)4-5-17-12/h2-5H,6H2,1H3. The van der Waals surface area contributed by atoms with Gasteiger partial charge in [0.05, 0.1) is 28.3 Å². The van der Waals surface area contributed by atoms with E-state index in [1.54, 1.807) is 23.6 Å². The van der Waals surface area contributed by atoms with E-state index in [0.717, 1.165) is 4.88 Å². The van der Waals surface area contributed by atoms with Crippen molar-refractivity contribution in [2.45, 2.75) is 6.42 Å². The molecule has 0 fully saturated rings. The predicted octanol–water partition coefficient (Wildman–Crippen LogP) is 3.41. The molecule has 0 amide bonds. The number of ketones is 1. The molecular formula is C12H9ClO3S2. The Kier molecular flexibility index (Phi) is 4.16. The van der Waals surface area contributed by atoms with Gasteiger partial charge in [0.1, 0.15) is 0 Å². The van der Waals surface area contributed by atoms with Crippen LogP contribution in [0.5, 0.6) is 0 Å². The molecule has 0 bridgehead atoms. The maximum absolute atomic E-state index is 12.1. The van der Waals surface area contributed by atoms with Gasteiger partial charge >= 0.3 is 5.97 Å². The van der Waals surface area contributed by atoms with Crippen molar-refractivity contribution in [2.75, 3.05) is 7.11 Å². The fourth-order valence-corrected chi connectivity index (χ4v) is 3.48. The third-order valence-corrected chi connectivity index (χ3v) is 4.68. The Labute approximate surface area is 117 Å². The molecule has 0 aliphatic rings. The molecule has 0 saturated carbocycles. The molecule has 2 rings (SSSR count). The van der Waals surface area contributed by atoms with Gasteiger partial charge in [0, 0.05) is 4.88 Å². The van der Waals surface area contributed by atoms with Crippen molar-refractivity contribution in [3.63, 3.8) is 0 Å². The minimum absolute atomic E-state index is 0.101. The lowest BCUT2D eigenvalue weighted by Gasteiger charge is -1.95. The predicted molar refractivity (Wildman–Crippen MR) is 72.8 cm³/mol. The minimum atomic E-state index is -0.315. The molecule has 0 aromatic carbocycles. The molecule has 18 heavy (non-hydrogen) atoms. The smallest absolute Gasteiger partial charge is 0.310 e. The van der Waals surface area contributed by atoms with Gasteiger partial charge in [0.25, 0.3) is 0 Å². The van der Waals surface area contributed by atoms with Crippen molar-refractivity contribution in [3.05, 3.63) is 43.2 Å². The molecule has 0 saturated heterocycles. The molecule has 0 N–H and O–H groups in total. The van der Waals surface area contributed by atoms with E-state index in [-0.39, 0.29) is 18.2 Å². The molecular weight excluding hydrogens is 292 g/mol. The first-order chi connectivity index (χ1) is 8.61. The average molecular weight is 301 g/mol. The number of halogens is 1. The highest BCUT2D eigenvalue weighted by Gasteiger charge is 2.17. The number of rotatable bonds is 4. The molecule has 0 unspecified atom stereocenters. The first-order valence-corrected chi connectivity index (χ1v) is 7.12. The largest absolute Gasteiger partial charge is 0.469 e. The third-order valence-electron chi connectivity index (χ3n) is 2.26. The van der Waals surface area contributed by atoms with E-state index in [1.165, 1.54) is 29.8 Å². The van der Waals surface area contributed by atoms with Crippen LogP contribution in [-0.2, 0) is 16.0 Å². The summed E-state index contributed by atoms with van der Waals surface area (Å²) < 4.78 is 4.58. The van der Waals surface area contributed by atoms with Crippen LogP contribution in [0.15, 0.2) is 23.6 Å². The lowest BCUT2D eigenvalue weighted by Crippen LogP contribution is -2.02. The van der Waals surface area contributed by atoms with Crippen LogP contribution < -0.4 is 0 Å². The Balaban J connectivity index is 2.18. The SMILES string of the molecule is COC(=O)Cc1ccc(C(=O)c2sccc2Cl)s1. The molecule has 0 aliphatic heterocycles. The zero-order chi connectivity index (χ0) is 13.1. The Morgan fingerprint density at radius 3 is 2.72 bits per heavy atom. The number of ether oxygens (including phenoxy) is 1. The van der Waals surface area contributed by atoms with Crippen LogP contribution >= 0.6 is 34.3 Å². The fraction of sp³-hybridized carbons (Fsp3) is 0.167. The number of carbonyl (C=O) groups is 2. The van der Waals surface area contributed by atoms with E-state index in [2.05, 4.69) is 4.74 Å². The summed E-state index contributed by atoms with van der Waals surface area (Å²) in [6.07, 6.45) is 0.187. The van der Waals surface area contributed by atoms with E-state index >= 15 is 0 Å². The van der Waals surface area contributed by atoms with E-state index < -0.39 is 0 Å². The van der Waals surface area contributed by atoms with Gasteiger partial charge in [-0.25, -0.2) is 0 Å². The van der Waals surface area contributed by atoms with Crippen molar-refractivity contribution >= 4 is 46.0 Å². The molecule has 0 atom stereocenters. The topological polar surface area (TPSA) is 43.4 Å². The van der Waals surface area contributed by atoms with E-state index in [0.29, 0.717) is 14.8 Å². The Hall–Kier alpha value is -1.17. The summed E-state index contributed by atoms with van der Waals surface area (Å²) in [5.41, 5.74) is 0. The number of carbonyl (C=O) groups excluding carboxylic acids is 2. The maximum Gasteiger partial charge on any atom is 0.310 e. The van der Waals surface area contributed by atoms with Crippen LogP contribution in [0, 0.1) is 0 Å². The first kappa shape index (κ1) is 13.3. The van der Waals surface area contributed by atoms with Gasteiger partial charge in [-0.2, -0.15) is 0 Å². The number of thiophene rings is 2. The zero-order valence-corrected chi connectivity index (χ0v) is 11.8. The summed E-state index contributed by atoms with van der Waals surface area (Å²) in [6.45, 7) is 0. The van der Waals surface area contributed by atoms with Crippen molar-refractivity contribution < 1.29 is 14.3 Å². The number of hydrogen-bond donors (Lipinski definition) is 0. The van der Waals surface area contributed by atoms with Crippen molar-refractivity contribution in [2.24, 2.45) is 0 Å². The highest BCUT2D eigenvalue weighted by atomic mass is 35.5. The molecule has 0 spiro atoms. The first-order valence-electron chi connectivity index (χ1n) is 5.05. The second kappa shape index (κ2) is 5.65. The number of esters is 1. The van der Waals surface area contributed by atoms with Crippen LogP contribution in [0.3, 0.4) is 0 Å². The molecule has 0 radical (unpaired) electrons. The molecule has 2 heterocycles. The molecule has 3 nitrogen and oxygen atoms in total. The number of methoxy groups -OCH3 is 1. The fourth-order valence-electron chi connectivity index (χ4n) is 1.38. The zero-order valence-electron chi connectivity index (χ0n) is 9.44. The van der Waals surface area contributed by atoms with Crippen LogP contribution in [0.1, 0.15) is 19.4 Å². The van der Waals surface area contributed by atoms with Gasteiger partial charge in [-0.05, 0) is 23.6 Å². The van der Waals surface area contributed by atoms with Gasteiger partial charge in [-0.3, -0.25) is 9.59 Å². The molecule has 6 heteroatoms. The second-order valence-corrected chi connectivity index (χ2v) is 5.94. The lowest BCUT2D eigenvalue weighted by atomic mass is 10.2. The van der Waals surface area contributed by atoms with Crippen molar-refractivity contribution in [3.8, 4) is 0 Å². The summed E-state index contributed by atoms with van der Waals surface area (Å²) in [5, 5.41) is 2.24. The summed E-state index contributed by atoms with van der Waals surface area (Å²) in [6, 6.07) is 5.17. The van der Waals surface area contributed by atoms with E-state index in [4.69, 9.17) is 11.6 Å². The Morgan fingerprint density at radius 2 is 2.11 bits per heavy atom. The van der Waals surface area contributed by atoms with Crippen LogP contribution in [-0.4, -0.2) is 18.9 Å². The Bertz CT molecular complexity index is 586. The third kappa shape index (κ3) is 2.80. The van der Waals surface area contributed by atoms with Gasteiger partial charge < -0.3 is 4.74 Å². The Morgan fingerprint density at radius 1 is 1.33 bits per heavy atom. The van der Waals surface area contributed by atoms with E-state index in [1.807, 2.05) is 0 Å². The molecule has 2 aromatic heterocycles. The van der Waals surface area contributed by atoms with Gasteiger partial charge in [-0.1, -0.05) is 11.6 Å². The number of hydrogen-bond acceptors (Lipinski definition) is 5. The second-order valence-electron chi connectivity index (χ2n) is 3.45. The van der Waals surface area contributed by atoms with Crippen LogP contribution in [0.4, 0.5) is 0 Å². The molecule has 94 valence electrons. The summed E-state index contributed by atoms with van der Waals surface area (Å²) in [7, 11) is 1.34. The van der Waals surface area contributed by atoms with Gasteiger partial charge in [-0.15, -0.1) is 22.7 Å². The van der Waals surface area contributed by atoms with E-state index in [9.17, 15) is 9.59 Å². The average Bonchev–Trinajstić information content (AvgIpc) is 2.97. The van der Waals surface area contributed by atoms with Crippen molar-refractivity contribution in [1.29, 1.82) is 0 Å². The highest BCUT2D eigenvalue weighted by Crippen LogP contribution is 2.28.